The largest absolute Gasteiger partial charge is 0.345 e. The van der Waals surface area contributed by atoms with Gasteiger partial charge in [-0.15, -0.1) is 0 Å². The van der Waals surface area contributed by atoms with Crippen molar-refractivity contribution in [3.8, 4) is 0 Å². The summed E-state index contributed by atoms with van der Waals surface area (Å²) >= 11 is 15.9. The van der Waals surface area contributed by atoms with E-state index in [-0.39, 0.29) is 0 Å². The molecule has 0 atom stereocenters. The van der Waals surface area contributed by atoms with Gasteiger partial charge in [0, 0.05) is 26.2 Å². The number of thiazole rings is 2. The van der Waals surface area contributed by atoms with Crippen molar-refractivity contribution in [3.63, 3.8) is 0 Å². The molecule has 8 heteroatoms. The van der Waals surface area contributed by atoms with Crippen molar-refractivity contribution in [3.05, 3.63) is 46.4 Å². The number of hydrogen-bond acceptors (Lipinski definition) is 6. The second-order valence-corrected chi connectivity index (χ2v) is 8.97. The van der Waals surface area contributed by atoms with Crippen molar-refractivity contribution in [1.29, 1.82) is 0 Å². The summed E-state index contributed by atoms with van der Waals surface area (Å²) in [5, 5.41) is 3.52. The van der Waals surface area contributed by atoms with Gasteiger partial charge in [0.2, 0.25) is 0 Å². The summed E-state index contributed by atoms with van der Waals surface area (Å²) in [4.78, 5) is 14.1. The number of nitrogens with zero attached hydrogens (tertiary/aromatic N) is 4. The molecule has 0 unspecified atom stereocenters. The van der Waals surface area contributed by atoms with Gasteiger partial charge in [-0.1, -0.05) is 58.0 Å². The number of para-hydroxylation sites is 2. The predicted octanol–water partition coefficient (Wildman–Crippen LogP) is 5.54. The van der Waals surface area contributed by atoms with E-state index in [9.17, 15) is 0 Å². The highest BCUT2D eigenvalue weighted by atomic mass is 35.5. The quantitative estimate of drug-likeness (QED) is 0.426. The summed E-state index contributed by atoms with van der Waals surface area (Å²) in [6.07, 6.45) is 0. The molecule has 1 aliphatic heterocycles. The number of piperazine rings is 1. The summed E-state index contributed by atoms with van der Waals surface area (Å²) in [7, 11) is 0. The van der Waals surface area contributed by atoms with Gasteiger partial charge in [-0.25, -0.2) is 9.97 Å². The number of halogens is 2. The van der Waals surface area contributed by atoms with E-state index in [1.165, 1.54) is 0 Å². The Labute approximate surface area is 168 Å². The minimum absolute atomic E-state index is 0.718. The van der Waals surface area contributed by atoms with Crippen molar-refractivity contribution >= 4 is 76.6 Å². The standard InChI is InChI=1S/C18H14Cl2N4S2/c19-11-3-1-5-13-15(11)21-17(25-13)23-7-9-24(10-8-23)18-22-16-12(20)4-2-6-14(16)26-18/h1-6H,7-10H2. The smallest absolute Gasteiger partial charge is 0.186 e. The molecule has 0 N–H and O–H groups in total. The van der Waals surface area contributed by atoms with Crippen LogP contribution in [0.5, 0.6) is 0 Å². The lowest BCUT2D eigenvalue weighted by atomic mass is 10.3. The van der Waals surface area contributed by atoms with Gasteiger partial charge >= 0.3 is 0 Å². The summed E-state index contributed by atoms with van der Waals surface area (Å²) in [5.74, 6) is 0. The van der Waals surface area contributed by atoms with Crippen molar-refractivity contribution in [1.82, 2.24) is 9.97 Å². The summed E-state index contributed by atoms with van der Waals surface area (Å²) in [6.45, 7) is 3.67. The lowest BCUT2D eigenvalue weighted by molar-refractivity contribution is 0.651. The molecule has 0 radical (unpaired) electrons. The van der Waals surface area contributed by atoms with Gasteiger partial charge in [-0.05, 0) is 24.3 Å². The van der Waals surface area contributed by atoms with E-state index in [0.717, 1.165) is 66.9 Å². The topological polar surface area (TPSA) is 32.3 Å². The van der Waals surface area contributed by atoms with Gasteiger partial charge in [-0.2, -0.15) is 0 Å². The highest BCUT2D eigenvalue weighted by molar-refractivity contribution is 7.22. The molecule has 1 fully saturated rings. The second kappa shape index (κ2) is 6.53. The first-order valence-corrected chi connectivity index (χ1v) is 10.7. The fourth-order valence-electron chi connectivity index (χ4n) is 3.17. The molecule has 0 bridgehead atoms. The molecular formula is C18H14Cl2N4S2. The van der Waals surface area contributed by atoms with Crippen molar-refractivity contribution in [2.45, 2.75) is 0 Å². The monoisotopic (exact) mass is 420 g/mol. The van der Waals surface area contributed by atoms with E-state index in [1.54, 1.807) is 22.7 Å². The van der Waals surface area contributed by atoms with Crippen LogP contribution in [0.15, 0.2) is 36.4 Å². The van der Waals surface area contributed by atoms with E-state index in [2.05, 4.69) is 21.9 Å². The first-order valence-electron chi connectivity index (χ1n) is 8.29. The third-order valence-electron chi connectivity index (χ3n) is 4.54. The fourth-order valence-corrected chi connectivity index (χ4v) is 5.80. The first-order chi connectivity index (χ1) is 12.7. The Morgan fingerprint density at radius 3 is 1.50 bits per heavy atom. The van der Waals surface area contributed by atoms with Crippen LogP contribution < -0.4 is 9.80 Å². The third kappa shape index (κ3) is 2.81. The molecular weight excluding hydrogens is 407 g/mol. The van der Waals surface area contributed by atoms with Gasteiger partial charge in [-0.3, -0.25) is 0 Å². The highest BCUT2D eigenvalue weighted by Crippen LogP contribution is 2.35. The minimum atomic E-state index is 0.718. The highest BCUT2D eigenvalue weighted by Gasteiger charge is 2.22. The van der Waals surface area contributed by atoms with Gasteiger partial charge in [0.05, 0.1) is 19.4 Å². The number of fused-ring (bicyclic) bond motifs is 2. The molecule has 2 aromatic carbocycles. The Hall–Kier alpha value is -1.60. The van der Waals surface area contributed by atoms with Crippen LogP contribution in [0, 0.1) is 0 Å². The van der Waals surface area contributed by atoms with Crippen LogP contribution in [0.25, 0.3) is 20.4 Å². The number of rotatable bonds is 2. The first kappa shape index (κ1) is 16.6. The van der Waals surface area contributed by atoms with Gasteiger partial charge in [0.1, 0.15) is 11.0 Å². The maximum absolute atomic E-state index is 6.26. The van der Waals surface area contributed by atoms with Crippen molar-refractivity contribution < 1.29 is 0 Å². The SMILES string of the molecule is Clc1cccc2sc(N3CCN(c4nc5c(Cl)cccc5s4)CC3)nc12. The van der Waals surface area contributed by atoms with Crippen LogP contribution >= 0.6 is 45.9 Å². The average Bonchev–Trinajstić information content (AvgIpc) is 3.28. The number of hydrogen-bond donors (Lipinski definition) is 0. The van der Waals surface area contributed by atoms with E-state index in [4.69, 9.17) is 33.2 Å². The fraction of sp³-hybridized carbons (Fsp3) is 0.222. The summed E-state index contributed by atoms with van der Waals surface area (Å²) in [6, 6.07) is 11.9. The Morgan fingerprint density at radius 2 is 1.12 bits per heavy atom. The zero-order chi connectivity index (χ0) is 17.7. The van der Waals surface area contributed by atoms with Crippen molar-refractivity contribution in [2.75, 3.05) is 36.0 Å². The van der Waals surface area contributed by atoms with Gasteiger partial charge < -0.3 is 9.80 Å². The van der Waals surface area contributed by atoms with Crippen LogP contribution in [-0.4, -0.2) is 36.1 Å². The molecule has 26 heavy (non-hydrogen) atoms. The van der Waals surface area contributed by atoms with Crippen LogP contribution in [0.3, 0.4) is 0 Å². The van der Waals surface area contributed by atoms with E-state index >= 15 is 0 Å². The minimum Gasteiger partial charge on any atom is -0.345 e. The van der Waals surface area contributed by atoms with E-state index in [0.29, 0.717) is 0 Å². The number of anilines is 2. The van der Waals surface area contributed by atoms with Gasteiger partial charge in [0.25, 0.3) is 0 Å². The molecule has 132 valence electrons. The molecule has 4 aromatic rings. The van der Waals surface area contributed by atoms with Crippen LogP contribution in [0.4, 0.5) is 10.3 Å². The number of aromatic nitrogens is 2. The number of benzene rings is 2. The molecule has 4 nitrogen and oxygen atoms in total. The molecule has 5 rings (SSSR count). The normalized spacial score (nSPS) is 15.3. The maximum Gasteiger partial charge on any atom is 0.186 e. The zero-order valence-corrected chi connectivity index (χ0v) is 16.8. The molecule has 0 spiro atoms. The molecule has 2 aromatic heterocycles. The summed E-state index contributed by atoms with van der Waals surface area (Å²) in [5.41, 5.74) is 1.80. The van der Waals surface area contributed by atoms with E-state index < -0.39 is 0 Å². The average molecular weight is 421 g/mol. The lowest BCUT2D eigenvalue weighted by Crippen LogP contribution is -2.46. The van der Waals surface area contributed by atoms with Crippen LogP contribution in [0.1, 0.15) is 0 Å². The molecule has 0 aliphatic carbocycles. The Balaban J connectivity index is 1.36. The lowest BCUT2D eigenvalue weighted by Gasteiger charge is -2.34. The van der Waals surface area contributed by atoms with E-state index in [1.807, 2.05) is 24.3 Å². The maximum atomic E-state index is 6.26. The van der Waals surface area contributed by atoms with Crippen LogP contribution in [-0.2, 0) is 0 Å². The summed E-state index contributed by atoms with van der Waals surface area (Å²) < 4.78 is 2.27. The molecule has 1 aliphatic rings. The Kier molecular flexibility index (Phi) is 4.16. The second-order valence-electron chi connectivity index (χ2n) is 6.14. The third-order valence-corrected chi connectivity index (χ3v) is 7.31. The Bertz CT molecular complexity index is 1010. The molecule has 0 saturated carbocycles. The molecule has 1 saturated heterocycles. The van der Waals surface area contributed by atoms with Gasteiger partial charge in [0.15, 0.2) is 10.3 Å². The molecule has 3 heterocycles. The zero-order valence-electron chi connectivity index (χ0n) is 13.7. The van der Waals surface area contributed by atoms with Crippen molar-refractivity contribution in [2.24, 2.45) is 0 Å². The predicted molar refractivity (Wildman–Crippen MR) is 114 cm³/mol. The van der Waals surface area contributed by atoms with Crippen LogP contribution in [0.2, 0.25) is 10.0 Å². The Morgan fingerprint density at radius 1 is 0.692 bits per heavy atom. The molecule has 0 amide bonds.